The molecule has 7 heteroatoms. The summed E-state index contributed by atoms with van der Waals surface area (Å²) in [5.74, 6) is 1.34. The van der Waals surface area contributed by atoms with E-state index in [1.54, 1.807) is 9.13 Å². The van der Waals surface area contributed by atoms with Gasteiger partial charge in [-0.05, 0) is 72.8 Å². The average Bonchev–Trinajstić information content (AvgIpc) is 3.26. The zero-order valence-electron chi connectivity index (χ0n) is 29.8. The number of hydrogen-bond donors (Lipinski definition) is 0. The molecule has 0 saturated carbocycles. The molecule has 6 aromatic carbocycles. The van der Waals surface area contributed by atoms with E-state index in [1.165, 1.54) is 0 Å². The number of para-hydroxylation sites is 6. The van der Waals surface area contributed by atoms with E-state index >= 15 is 0 Å². The van der Waals surface area contributed by atoms with Gasteiger partial charge in [0.05, 0.1) is 44.2 Å². The van der Waals surface area contributed by atoms with Crippen LogP contribution in [0.25, 0.3) is 55.0 Å². The lowest BCUT2D eigenvalue weighted by Crippen LogP contribution is -2.36. The summed E-state index contributed by atoms with van der Waals surface area (Å²) in [5, 5.41) is 2.68. The molecule has 1 aliphatic rings. The first-order valence-electron chi connectivity index (χ1n) is 18.5. The van der Waals surface area contributed by atoms with Crippen LogP contribution < -0.4 is 15.9 Å². The van der Waals surface area contributed by atoms with Crippen LogP contribution in [0.1, 0.15) is 22.5 Å². The van der Waals surface area contributed by atoms with Gasteiger partial charge in [0, 0.05) is 33.3 Å². The van der Waals surface area contributed by atoms with Crippen molar-refractivity contribution in [2.45, 2.75) is 5.41 Å². The summed E-state index contributed by atoms with van der Waals surface area (Å²) in [6.45, 7) is 0. The summed E-state index contributed by atoms with van der Waals surface area (Å²) in [5.41, 5.74) is 5.87. The highest BCUT2D eigenvalue weighted by Gasteiger charge is 2.48. The van der Waals surface area contributed by atoms with Crippen LogP contribution in [0.4, 0.5) is 0 Å². The van der Waals surface area contributed by atoms with Crippen LogP contribution in [0.15, 0.2) is 192 Å². The van der Waals surface area contributed by atoms with E-state index in [0.29, 0.717) is 44.7 Å². The summed E-state index contributed by atoms with van der Waals surface area (Å²) < 4.78 is 10.1. The third kappa shape index (κ3) is 4.45. The zero-order chi connectivity index (χ0) is 37.4. The number of rotatable bonds is 4. The molecule has 5 heterocycles. The Balaban J connectivity index is 1.27. The quantitative estimate of drug-likeness (QED) is 0.169. The standard InChI is InChI=1S/C49H30N4O3/c54-47-35-27-29-43(50-45(35)33-19-7-11-23-39(33)52(47)31-15-3-1-4-16-31)49(37-21-9-13-25-41(37)56-42-26-14-10-22-38(42)49)44-30-28-36-46(51-44)34-20-8-12-24-40(34)53(48(36)55)32-17-5-2-6-18-32/h1-30H. The van der Waals surface area contributed by atoms with Gasteiger partial charge in [-0.2, -0.15) is 0 Å². The first-order valence-corrected chi connectivity index (χ1v) is 18.5. The van der Waals surface area contributed by atoms with Crippen LogP contribution in [0.2, 0.25) is 0 Å². The van der Waals surface area contributed by atoms with Crippen LogP contribution >= 0.6 is 0 Å². The number of aromatic nitrogens is 4. The predicted octanol–water partition coefficient (Wildman–Crippen LogP) is 9.88. The third-order valence-corrected chi connectivity index (χ3v) is 11.1. The van der Waals surface area contributed by atoms with Gasteiger partial charge in [-0.15, -0.1) is 0 Å². The van der Waals surface area contributed by atoms with Crippen LogP contribution in [-0.4, -0.2) is 19.1 Å². The van der Waals surface area contributed by atoms with E-state index in [0.717, 1.165) is 44.3 Å². The molecule has 0 unspecified atom stereocenters. The molecule has 11 rings (SSSR count). The molecule has 264 valence electrons. The molecule has 0 radical (unpaired) electrons. The van der Waals surface area contributed by atoms with E-state index in [1.807, 2.05) is 170 Å². The SMILES string of the molecule is O=c1c2ccc(C3(c4ccc5c(=O)n(-c6ccccc6)c6ccccc6c5n4)c4ccccc4Oc4ccccc43)nc2c2ccccc2n1-c1ccccc1. The zero-order valence-corrected chi connectivity index (χ0v) is 29.8. The largest absolute Gasteiger partial charge is 0.457 e. The van der Waals surface area contributed by atoms with Crippen molar-refractivity contribution < 1.29 is 4.74 Å². The molecule has 0 fully saturated rings. The minimum absolute atomic E-state index is 0.157. The predicted molar refractivity (Wildman–Crippen MR) is 222 cm³/mol. The molecular weight excluding hydrogens is 693 g/mol. The van der Waals surface area contributed by atoms with Gasteiger partial charge in [-0.25, -0.2) is 0 Å². The van der Waals surface area contributed by atoms with E-state index in [2.05, 4.69) is 12.1 Å². The fraction of sp³-hybridized carbons (Fsp3) is 0.0204. The van der Waals surface area contributed by atoms with Crippen molar-refractivity contribution in [2.24, 2.45) is 0 Å². The summed E-state index contributed by atoms with van der Waals surface area (Å²) in [7, 11) is 0. The fourth-order valence-electron chi connectivity index (χ4n) is 8.63. The molecule has 4 aromatic heterocycles. The summed E-state index contributed by atoms with van der Waals surface area (Å²) in [6, 6.07) is 58.8. The number of benzene rings is 6. The molecule has 0 saturated heterocycles. The van der Waals surface area contributed by atoms with Crippen molar-refractivity contribution in [1.82, 2.24) is 19.1 Å². The van der Waals surface area contributed by atoms with Crippen LogP contribution in [-0.2, 0) is 5.41 Å². The molecule has 0 spiro atoms. The number of nitrogens with zero attached hydrogens (tertiary/aromatic N) is 4. The lowest BCUT2D eigenvalue weighted by molar-refractivity contribution is 0.430. The number of ether oxygens (including phenoxy) is 1. The normalized spacial score (nSPS) is 13.1. The highest BCUT2D eigenvalue weighted by molar-refractivity contribution is 6.05. The Kier molecular flexibility index (Phi) is 6.94. The maximum absolute atomic E-state index is 14.5. The maximum atomic E-state index is 14.5. The smallest absolute Gasteiger partial charge is 0.265 e. The molecule has 0 aliphatic carbocycles. The second-order valence-electron chi connectivity index (χ2n) is 14.0. The van der Waals surface area contributed by atoms with Gasteiger partial charge in [-0.3, -0.25) is 28.7 Å². The molecule has 7 nitrogen and oxygen atoms in total. The van der Waals surface area contributed by atoms with Gasteiger partial charge in [0.2, 0.25) is 0 Å². The number of fused-ring (bicyclic) bond motifs is 8. The van der Waals surface area contributed by atoms with Gasteiger partial charge in [0.15, 0.2) is 0 Å². The van der Waals surface area contributed by atoms with Crippen LogP contribution in [0.3, 0.4) is 0 Å². The first kappa shape index (κ1) is 31.8. The van der Waals surface area contributed by atoms with E-state index in [9.17, 15) is 9.59 Å². The molecule has 1 aliphatic heterocycles. The van der Waals surface area contributed by atoms with Gasteiger partial charge in [0.25, 0.3) is 11.1 Å². The van der Waals surface area contributed by atoms with Crippen molar-refractivity contribution in [3.8, 4) is 22.9 Å². The Bertz CT molecular complexity index is 3110. The van der Waals surface area contributed by atoms with Crippen molar-refractivity contribution >= 4 is 43.6 Å². The van der Waals surface area contributed by atoms with E-state index in [-0.39, 0.29) is 11.1 Å². The molecule has 0 atom stereocenters. The Labute approximate surface area is 320 Å². The monoisotopic (exact) mass is 722 g/mol. The fourth-order valence-corrected chi connectivity index (χ4v) is 8.63. The van der Waals surface area contributed by atoms with Gasteiger partial charge in [-0.1, -0.05) is 109 Å². The molecule has 56 heavy (non-hydrogen) atoms. The van der Waals surface area contributed by atoms with Crippen molar-refractivity contribution in [3.05, 3.63) is 225 Å². The highest BCUT2D eigenvalue weighted by atomic mass is 16.5. The first-order chi connectivity index (χ1) is 27.6. The lowest BCUT2D eigenvalue weighted by atomic mass is 9.67. The number of pyridine rings is 4. The maximum Gasteiger partial charge on any atom is 0.265 e. The lowest BCUT2D eigenvalue weighted by Gasteiger charge is -2.39. The van der Waals surface area contributed by atoms with Crippen LogP contribution in [0, 0.1) is 0 Å². The summed E-state index contributed by atoms with van der Waals surface area (Å²) in [6.07, 6.45) is 0. The molecule has 10 aromatic rings. The van der Waals surface area contributed by atoms with Crippen molar-refractivity contribution in [3.63, 3.8) is 0 Å². The summed E-state index contributed by atoms with van der Waals surface area (Å²) >= 11 is 0. The van der Waals surface area contributed by atoms with Crippen molar-refractivity contribution in [1.29, 1.82) is 0 Å². The minimum Gasteiger partial charge on any atom is -0.457 e. The van der Waals surface area contributed by atoms with Gasteiger partial charge < -0.3 is 4.74 Å². The minimum atomic E-state index is -1.11. The van der Waals surface area contributed by atoms with Crippen molar-refractivity contribution in [2.75, 3.05) is 0 Å². The Morgan fingerprint density at radius 3 is 1.25 bits per heavy atom. The topological polar surface area (TPSA) is 79.0 Å². The van der Waals surface area contributed by atoms with Gasteiger partial charge in [0.1, 0.15) is 16.9 Å². The second-order valence-corrected chi connectivity index (χ2v) is 14.0. The number of hydrogen-bond acceptors (Lipinski definition) is 5. The Hall–Kier alpha value is -7.64. The van der Waals surface area contributed by atoms with Crippen LogP contribution in [0.5, 0.6) is 11.5 Å². The molecule has 0 N–H and O–H groups in total. The van der Waals surface area contributed by atoms with E-state index < -0.39 is 5.41 Å². The highest BCUT2D eigenvalue weighted by Crippen LogP contribution is 2.54. The van der Waals surface area contributed by atoms with E-state index in [4.69, 9.17) is 14.7 Å². The molecule has 0 bridgehead atoms. The van der Waals surface area contributed by atoms with Gasteiger partial charge >= 0.3 is 0 Å². The molecule has 0 amide bonds. The average molecular weight is 723 g/mol. The Morgan fingerprint density at radius 2 is 0.786 bits per heavy atom. The summed E-state index contributed by atoms with van der Waals surface area (Å²) in [4.78, 5) is 40.0. The molecular formula is C49H30N4O3. The third-order valence-electron chi connectivity index (χ3n) is 11.1. The second kappa shape index (κ2) is 12.2. The Morgan fingerprint density at radius 1 is 0.393 bits per heavy atom.